The molecule has 0 unspecified atom stereocenters. The fraction of sp³-hybridized carbons (Fsp3) is 0.0769. The molecule has 0 bridgehead atoms. The average molecular weight is 315 g/mol. The molecule has 1 aromatic carbocycles. The van der Waals surface area contributed by atoms with Crippen LogP contribution in [0.4, 0.5) is 17.1 Å². The van der Waals surface area contributed by atoms with E-state index in [2.05, 4.69) is 15.5 Å². The van der Waals surface area contributed by atoms with Gasteiger partial charge in [-0.05, 0) is 18.2 Å². The van der Waals surface area contributed by atoms with Crippen LogP contribution in [0.5, 0.6) is 5.88 Å². The summed E-state index contributed by atoms with van der Waals surface area (Å²) >= 11 is 0. The number of nitro groups is 2. The Bertz CT molecular complexity index is 835. The second kappa shape index (κ2) is 5.67. The Morgan fingerprint density at radius 3 is 2.78 bits per heavy atom. The maximum absolute atomic E-state index is 11.1. The quantitative estimate of drug-likeness (QED) is 0.674. The Balaban J connectivity index is 1.91. The first kappa shape index (κ1) is 14.4. The number of nitrogens with one attached hydrogen (secondary N) is 1. The van der Waals surface area contributed by atoms with Crippen LogP contribution in [0.2, 0.25) is 0 Å². The van der Waals surface area contributed by atoms with Gasteiger partial charge in [0.05, 0.1) is 21.5 Å². The zero-order valence-electron chi connectivity index (χ0n) is 11.5. The Labute approximate surface area is 128 Å². The molecule has 0 spiro atoms. The third-order valence-corrected chi connectivity index (χ3v) is 3.13. The summed E-state index contributed by atoms with van der Waals surface area (Å²) in [4.78, 5) is 24.4. The molecule has 2 aromatic rings. The first-order chi connectivity index (χ1) is 11.1. The summed E-state index contributed by atoms with van der Waals surface area (Å²) in [6.45, 7) is 0.181. The van der Waals surface area contributed by atoms with Gasteiger partial charge in [-0.15, -0.1) is 0 Å². The molecule has 0 aliphatic carbocycles. The molecule has 0 saturated carbocycles. The van der Waals surface area contributed by atoms with E-state index in [-0.39, 0.29) is 18.0 Å². The maximum atomic E-state index is 11.1. The fourth-order valence-electron chi connectivity index (χ4n) is 2.04. The van der Waals surface area contributed by atoms with Gasteiger partial charge >= 0.3 is 5.69 Å². The molecular formula is C13H9N5O5. The lowest BCUT2D eigenvalue weighted by molar-refractivity contribution is -0.393. The van der Waals surface area contributed by atoms with E-state index in [1.807, 2.05) is 0 Å². The molecule has 1 aliphatic heterocycles. The number of non-ortho nitro benzene ring substituents is 1. The molecule has 23 heavy (non-hydrogen) atoms. The molecule has 116 valence electrons. The minimum Gasteiger partial charge on any atom is -0.471 e. The summed E-state index contributed by atoms with van der Waals surface area (Å²) < 4.78 is 5.32. The lowest BCUT2D eigenvalue weighted by Gasteiger charge is -2.03. The summed E-state index contributed by atoms with van der Waals surface area (Å²) in [6.07, 6.45) is 1.58. The highest BCUT2D eigenvalue weighted by Crippen LogP contribution is 2.29. The van der Waals surface area contributed by atoms with Crippen molar-refractivity contribution in [2.75, 3.05) is 12.0 Å². The van der Waals surface area contributed by atoms with Crippen molar-refractivity contribution in [2.45, 2.75) is 0 Å². The molecule has 1 aromatic heterocycles. The number of ether oxygens (including phenoxy) is 1. The van der Waals surface area contributed by atoms with Gasteiger partial charge in [0.2, 0.25) is 5.88 Å². The van der Waals surface area contributed by atoms with Crippen LogP contribution >= 0.6 is 0 Å². The highest BCUT2D eigenvalue weighted by Gasteiger charge is 2.22. The highest BCUT2D eigenvalue weighted by atomic mass is 16.6. The number of hydrazone groups is 1. The van der Waals surface area contributed by atoms with Crippen molar-refractivity contribution in [1.82, 2.24) is 4.98 Å². The van der Waals surface area contributed by atoms with Gasteiger partial charge in [-0.2, -0.15) is 5.10 Å². The van der Waals surface area contributed by atoms with E-state index in [4.69, 9.17) is 4.74 Å². The van der Waals surface area contributed by atoms with Gasteiger partial charge in [-0.1, -0.05) is 0 Å². The number of fused-ring (bicyclic) bond motifs is 1. The Hall–Kier alpha value is -3.56. The zero-order valence-corrected chi connectivity index (χ0v) is 11.5. The molecule has 1 aliphatic rings. The van der Waals surface area contributed by atoms with Gasteiger partial charge < -0.3 is 4.74 Å². The van der Waals surface area contributed by atoms with Crippen LogP contribution in [0.3, 0.4) is 0 Å². The molecule has 10 nitrogen and oxygen atoms in total. The van der Waals surface area contributed by atoms with Gasteiger partial charge in [-0.25, -0.2) is 4.98 Å². The number of rotatable bonds is 4. The number of hydrogen-bond acceptors (Lipinski definition) is 8. The first-order valence-corrected chi connectivity index (χ1v) is 6.40. The molecule has 10 heteroatoms. The van der Waals surface area contributed by atoms with Crippen LogP contribution in [-0.4, -0.2) is 27.1 Å². The smallest absolute Gasteiger partial charge is 0.301 e. The summed E-state index contributed by atoms with van der Waals surface area (Å²) in [7, 11) is 0. The molecular weight excluding hydrogens is 306 g/mol. The normalized spacial score (nSPS) is 14.2. The highest BCUT2D eigenvalue weighted by molar-refractivity contribution is 6.06. The van der Waals surface area contributed by atoms with Crippen molar-refractivity contribution >= 4 is 22.8 Å². The third kappa shape index (κ3) is 2.77. The van der Waals surface area contributed by atoms with Crippen LogP contribution < -0.4 is 10.2 Å². The summed E-state index contributed by atoms with van der Waals surface area (Å²) in [5.74, 6) is 0.436. The molecule has 0 amide bonds. The zero-order chi connectivity index (χ0) is 16.4. The largest absolute Gasteiger partial charge is 0.471 e. The number of nitro benzene ring substituents is 2. The first-order valence-electron chi connectivity index (χ1n) is 6.40. The van der Waals surface area contributed by atoms with Crippen molar-refractivity contribution in [3.8, 4) is 5.88 Å². The molecule has 0 fully saturated rings. The minimum atomic E-state index is -0.712. The average Bonchev–Trinajstić information content (AvgIpc) is 2.95. The third-order valence-electron chi connectivity index (χ3n) is 3.13. The van der Waals surface area contributed by atoms with E-state index >= 15 is 0 Å². The van der Waals surface area contributed by atoms with Gasteiger partial charge in [0, 0.05) is 12.3 Å². The van der Waals surface area contributed by atoms with E-state index in [9.17, 15) is 20.2 Å². The van der Waals surface area contributed by atoms with E-state index in [0.29, 0.717) is 17.2 Å². The Kier molecular flexibility index (Phi) is 3.55. The Morgan fingerprint density at radius 1 is 1.22 bits per heavy atom. The predicted octanol–water partition coefficient (Wildman–Crippen LogP) is 2.11. The standard InChI is InChI=1S/C13H9N5O5/c19-17(20)8-3-4-10(12(6-8)18(21)22)15-16-11-7-23-13-9(11)2-1-5-14-13/h1-6,15H,7H2. The van der Waals surface area contributed by atoms with Gasteiger partial charge in [0.1, 0.15) is 18.0 Å². The number of aromatic nitrogens is 1. The fourth-order valence-corrected chi connectivity index (χ4v) is 2.04. The van der Waals surface area contributed by atoms with Crippen LogP contribution in [-0.2, 0) is 0 Å². The monoisotopic (exact) mass is 315 g/mol. The Morgan fingerprint density at radius 2 is 2.04 bits per heavy atom. The minimum absolute atomic E-state index is 0.0467. The number of hydrogen-bond donors (Lipinski definition) is 1. The van der Waals surface area contributed by atoms with Crippen LogP contribution in [0.25, 0.3) is 0 Å². The van der Waals surface area contributed by atoms with Crippen LogP contribution in [0.1, 0.15) is 5.56 Å². The van der Waals surface area contributed by atoms with Crippen molar-refractivity contribution in [3.05, 3.63) is 62.3 Å². The van der Waals surface area contributed by atoms with Crippen molar-refractivity contribution in [1.29, 1.82) is 0 Å². The van der Waals surface area contributed by atoms with Crippen molar-refractivity contribution in [2.24, 2.45) is 5.10 Å². The molecule has 0 radical (unpaired) electrons. The number of anilines is 1. The lowest BCUT2D eigenvalue weighted by atomic mass is 10.2. The van der Waals surface area contributed by atoms with E-state index in [0.717, 1.165) is 12.1 Å². The molecule has 3 rings (SSSR count). The SMILES string of the molecule is O=[N+]([O-])c1ccc(NN=C2COc3ncccc32)c([N+](=O)[O-])c1. The lowest BCUT2D eigenvalue weighted by Crippen LogP contribution is -2.06. The maximum Gasteiger partial charge on any atom is 0.301 e. The topological polar surface area (TPSA) is 133 Å². The summed E-state index contributed by atoms with van der Waals surface area (Å²) in [5.41, 5.74) is 3.02. The van der Waals surface area contributed by atoms with Crippen LogP contribution in [0.15, 0.2) is 41.6 Å². The van der Waals surface area contributed by atoms with E-state index < -0.39 is 15.5 Å². The van der Waals surface area contributed by atoms with Crippen LogP contribution in [0, 0.1) is 20.2 Å². The molecule has 1 N–H and O–H groups in total. The van der Waals surface area contributed by atoms with Crippen molar-refractivity contribution < 1.29 is 14.6 Å². The van der Waals surface area contributed by atoms with Gasteiger partial charge in [0.15, 0.2) is 0 Å². The molecule has 0 saturated heterocycles. The number of nitrogens with zero attached hydrogens (tertiary/aromatic N) is 4. The van der Waals surface area contributed by atoms with Gasteiger partial charge in [-0.3, -0.25) is 25.7 Å². The second-order valence-corrected chi connectivity index (χ2v) is 4.53. The second-order valence-electron chi connectivity index (χ2n) is 4.53. The summed E-state index contributed by atoms with van der Waals surface area (Å²) in [5, 5.41) is 25.8. The molecule has 0 atom stereocenters. The summed E-state index contributed by atoms with van der Waals surface area (Å²) in [6, 6.07) is 6.76. The van der Waals surface area contributed by atoms with Gasteiger partial charge in [0.25, 0.3) is 5.69 Å². The van der Waals surface area contributed by atoms with E-state index in [1.165, 1.54) is 6.07 Å². The number of pyridine rings is 1. The van der Waals surface area contributed by atoms with E-state index in [1.54, 1.807) is 18.3 Å². The van der Waals surface area contributed by atoms with Crippen molar-refractivity contribution in [3.63, 3.8) is 0 Å². The molecule has 2 heterocycles. The predicted molar refractivity (Wildman–Crippen MR) is 79.6 cm³/mol. The number of benzene rings is 1.